The van der Waals surface area contributed by atoms with Crippen molar-refractivity contribution in [3.63, 3.8) is 0 Å². The van der Waals surface area contributed by atoms with E-state index in [2.05, 4.69) is 5.32 Å². The molecule has 4 atom stereocenters. The summed E-state index contributed by atoms with van der Waals surface area (Å²) < 4.78 is 5.65. The number of rotatable bonds is 4. The number of nitrogens with two attached hydrogens (primary N) is 1. The molecule has 0 spiro atoms. The number of aliphatic carboxylic acids is 1. The zero-order valence-corrected chi connectivity index (χ0v) is 11.9. The number of carboxylic acids is 1. The number of ether oxygens (including phenoxy) is 1. The van der Waals surface area contributed by atoms with Crippen LogP contribution in [-0.4, -0.2) is 41.3 Å². The van der Waals surface area contributed by atoms with Gasteiger partial charge in [-0.05, 0) is 25.2 Å². The number of hydrogen-bond donors (Lipinski definition) is 3. The smallest absolute Gasteiger partial charge is 0.326 e. The fourth-order valence-corrected chi connectivity index (χ4v) is 3.92. The molecule has 0 radical (unpaired) electrons. The van der Waals surface area contributed by atoms with E-state index in [1.165, 1.54) is 0 Å². The number of fused-ring (bicyclic) bond motifs is 1. The van der Waals surface area contributed by atoms with Crippen LogP contribution in [0.25, 0.3) is 0 Å². The Labute approximate surface area is 118 Å². The van der Waals surface area contributed by atoms with Gasteiger partial charge in [-0.25, -0.2) is 4.79 Å². The Kier molecular flexibility index (Phi) is 2.89. The first kappa shape index (κ1) is 13.8. The fourth-order valence-electron chi connectivity index (χ4n) is 3.92. The molecule has 6 nitrogen and oxygen atoms in total. The normalized spacial score (nSPS) is 39.5. The van der Waals surface area contributed by atoms with E-state index in [9.17, 15) is 14.7 Å². The zero-order chi connectivity index (χ0) is 14.7. The lowest BCUT2D eigenvalue weighted by Crippen LogP contribution is -2.80. The Morgan fingerprint density at radius 2 is 2.00 bits per heavy atom. The number of nitrogens with one attached hydrogen (secondary N) is 1. The lowest BCUT2D eigenvalue weighted by atomic mass is 9.48. The molecule has 0 aromatic carbocycles. The summed E-state index contributed by atoms with van der Waals surface area (Å²) in [6.07, 6.45) is 2.47. The molecular formula is C14H22N2O4. The summed E-state index contributed by atoms with van der Waals surface area (Å²) in [5, 5.41) is 11.9. The maximum atomic E-state index is 12.6. The van der Waals surface area contributed by atoms with Gasteiger partial charge >= 0.3 is 5.97 Å². The Morgan fingerprint density at radius 1 is 1.35 bits per heavy atom. The third-order valence-corrected chi connectivity index (χ3v) is 5.48. The topological polar surface area (TPSA) is 102 Å². The zero-order valence-electron chi connectivity index (χ0n) is 11.9. The van der Waals surface area contributed by atoms with E-state index in [0.717, 1.165) is 19.3 Å². The van der Waals surface area contributed by atoms with Crippen molar-refractivity contribution < 1.29 is 19.4 Å². The van der Waals surface area contributed by atoms with Crippen LogP contribution in [0.5, 0.6) is 0 Å². The van der Waals surface area contributed by atoms with Gasteiger partial charge in [-0.1, -0.05) is 13.8 Å². The van der Waals surface area contributed by atoms with Gasteiger partial charge in [-0.15, -0.1) is 0 Å². The van der Waals surface area contributed by atoms with Gasteiger partial charge < -0.3 is 20.9 Å². The molecular weight excluding hydrogens is 260 g/mol. The first-order valence-electron chi connectivity index (χ1n) is 7.24. The van der Waals surface area contributed by atoms with Crippen molar-refractivity contribution in [1.29, 1.82) is 0 Å². The summed E-state index contributed by atoms with van der Waals surface area (Å²) in [4.78, 5) is 23.9. The first-order valence-corrected chi connectivity index (χ1v) is 7.24. The van der Waals surface area contributed by atoms with E-state index >= 15 is 0 Å². The van der Waals surface area contributed by atoms with Crippen LogP contribution in [0.4, 0.5) is 0 Å². The lowest BCUT2D eigenvalue weighted by Gasteiger charge is -2.60. The molecule has 3 rings (SSSR count). The van der Waals surface area contributed by atoms with Gasteiger partial charge in [0.25, 0.3) is 0 Å². The maximum absolute atomic E-state index is 12.6. The largest absolute Gasteiger partial charge is 0.480 e. The van der Waals surface area contributed by atoms with Crippen LogP contribution in [0.3, 0.4) is 0 Å². The molecule has 0 aromatic heterocycles. The third-order valence-electron chi connectivity index (χ3n) is 5.48. The van der Waals surface area contributed by atoms with Gasteiger partial charge in [0.15, 0.2) is 0 Å². The summed E-state index contributed by atoms with van der Waals surface area (Å²) in [5.41, 5.74) is 4.89. The molecule has 0 aromatic rings. The van der Waals surface area contributed by atoms with Gasteiger partial charge in [0.05, 0.1) is 6.10 Å². The van der Waals surface area contributed by atoms with Gasteiger partial charge in [-0.3, -0.25) is 4.79 Å². The lowest BCUT2D eigenvalue weighted by molar-refractivity contribution is -0.177. The summed E-state index contributed by atoms with van der Waals surface area (Å²) in [6, 6.07) is -0.805. The van der Waals surface area contributed by atoms with Crippen molar-refractivity contribution >= 4 is 11.9 Å². The van der Waals surface area contributed by atoms with Crippen LogP contribution in [0, 0.1) is 17.3 Å². The summed E-state index contributed by atoms with van der Waals surface area (Å²) in [6.45, 7) is 4.47. The second-order valence-corrected chi connectivity index (χ2v) is 6.90. The van der Waals surface area contributed by atoms with Crippen molar-refractivity contribution in [2.75, 3.05) is 6.61 Å². The molecule has 112 valence electrons. The van der Waals surface area contributed by atoms with Gasteiger partial charge in [0, 0.05) is 17.9 Å². The van der Waals surface area contributed by atoms with Crippen LogP contribution in [-0.2, 0) is 14.3 Å². The van der Waals surface area contributed by atoms with Gasteiger partial charge in [0.1, 0.15) is 11.6 Å². The molecule has 3 fully saturated rings. The van der Waals surface area contributed by atoms with Crippen LogP contribution in [0.2, 0.25) is 0 Å². The Hall–Kier alpha value is -1.14. The minimum absolute atomic E-state index is 0.00227. The van der Waals surface area contributed by atoms with E-state index in [1.807, 2.05) is 13.8 Å². The van der Waals surface area contributed by atoms with Crippen LogP contribution >= 0.6 is 0 Å². The van der Waals surface area contributed by atoms with Crippen LogP contribution in [0.1, 0.15) is 33.1 Å². The number of carbonyl (C=O) groups is 2. The standard InChI is InChI=1S/C14H22N2O4/c1-13(2)10-8(5-6-20-10)14(13,15)12(19)16-9(11(17)18)7-3-4-7/h7-10H,3-6,15H2,1-2H3,(H,16,19)(H,17,18). The molecule has 1 saturated heterocycles. The highest BCUT2D eigenvalue weighted by Gasteiger charge is 2.71. The first-order chi connectivity index (χ1) is 9.30. The minimum Gasteiger partial charge on any atom is -0.480 e. The van der Waals surface area contributed by atoms with E-state index in [1.54, 1.807) is 0 Å². The molecule has 3 aliphatic rings. The van der Waals surface area contributed by atoms with Gasteiger partial charge in [-0.2, -0.15) is 0 Å². The third kappa shape index (κ3) is 1.64. The van der Waals surface area contributed by atoms with Crippen molar-refractivity contribution in [3.8, 4) is 0 Å². The molecule has 2 aliphatic carbocycles. The average Bonchev–Trinajstić information content (AvgIpc) is 3.09. The molecule has 4 N–H and O–H groups in total. The highest BCUT2D eigenvalue weighted by molar-refractivity contribution is 5.92. The monoisotopic (exact) mass is 282 g/mol. The highest BCUT2D eigenvalue weighted by atomic mass is 16.5. The number of amides is 1. The minimum atomic E-state index is -1.03. The molecule has 6 heteroatoms. The predicted molar refractivity (Wildman–Crippen MR) is 70.8 cm³/mol. The molecule has 1 heterocycles. The van der Waals surface area contributed by atoms with Crippen molar-refractivity contribution in [2.45, 2.75) is 50.8 Å². The number of hydrogen-bond acceptors (Lipinski definition) is 4. The van der Waals surface area contributed by atoms with Crippen LogP contribution in [0.15, 0.2) is 0 Å². The maximum Gasteiger partial charge on any atom is 0.326 e. The SMILES string of the molecule is CC1(C)C2OCCC2C1(N)C(=O)NC(C(=O)O)C1CC1. The second kappa shape index (κ2) is 4.18. The average molecular weight is 282 g/mol. The van der Waals surface area contributed by atoms with Crippen molar-refractivity contribution in [3.05, 3.63) is 0 Å². The Balaban J connectivity index is 1.77. The van der Waals surface area contributed by atoms with E-state index in [4.69, 9.17) is 10.5 Å². The fraction of sp³-hybridized carbons (Fsp3) is 0.857. The highest BCUT2D eigenvalue weighted by Crippen LogP contribution is 2.58. The summed E-state index contributed by atoms with van der Waals surface area (Å²) in [7, 11) is 0. The molecule has 1 aliphatic heterocycles. The molecule has 1 amide bonds. The molecule has 2 saturated carbocycles. The van der Waals surface area contributed by atoms with Crippen molar-refractivity contribution in [2.24, 2.45) is 23.0 Å². The molecule has 20 heavy (non-hydrogen) atoms. The van der Waals surface area contributed by atoms with Gasteiger partial charge in [0.2, 0.25) is 5.91 Å². The van der Waals surface area contributed by atoms with E-state index in [0.29, 0.717) is 6.61 Å². The number of carbonyl (C=O) groups excluding carboxylic acids is 1. The van der Waals surface area contributed by atoms with Crippen LogP contribution < -0.4 is 11.1 Å². The Morgan fingerprint density at radius 3 is 2.55 bits per heavy atom. The van der Waals surface area contributed by atoms with E-state index < -0.39 is 23.0 Å². The van der Waals surface area contributed by atoms with E-state index in [-0.39, 0.29) is 23.8 Å². The quantitative estimate of drug-likeness (QED) is 0.679. The summed E-state index contributed by atoms with van der Waals surface area (Å²) >= 11 is 0. The molecule has 0 bridgehead atoms. The van der Waals surface area contributed by atoms with Crippen molar-refractivity contribution in [1.82, 2.24) is 5.32 Å². The predicted octanol–water partition coefficient (Wildman–Crippen LogP) is 0.108. The Bertz CT molecular complexity index is 460. The molecule has 4 unspecified atom stereocenters. The summed E-state index contributed by atoms with van der Waals surface area (Å²) in [5.74, 6) is -1.26. The number of carboxylic acid groups (broad SMARTS) is 1. The second-order valence-electron chi connectivity index (χ2n) is 6.90.